The standard InChI is InChI=1S/C15H29N/c1-4-5-6-7-8-12-15(16-3)14-11-9-10-13(14)2/h4,13-16H,1,5-12H2,2-3H3. The molecule has 1 aliphatic rings. The van der Waals surface area contributed by atoms with Crippen LogP contribution in [0, 0.1) is 11.8 Å². The molecule has 3 unspecified atom stereocenters. The molecule has 0 spiro atoms. The molecule has 3 atom stereocenters. The summed E-state index contributed by atoms with van der Waals surface area (Å²) in [5, 5.41) is 3.55. The van der Waals surface area contributed by atoms with Crippen molar-refractivity contribution in [2.45, 2.75) is 64.3 Å². The van der Waals surface area contributed by atoms with Crippen LogP contribution in [0.15, 0.2) is 12.7 Å². The van der Waals surface area contributed by atoms with Gasteiger partial charge in [0.2, 0.25) is 0 Å². The van der Waals surface area contributed by atoms with E-state index in [4.69, 9.17) is 0 Å². The summed E-state index contributed by atoms with van der Waals surface area (Å²) in [5.41, 5.74) is 0. The molecule has 1 heteroatoms. The van der Waals surface area contributed by atoms with E-state index in [1.807, 2.05) is 6.08 Å². The minimum absolute atomic E-state index is 0.765. The first-order valence-corrected chi connectivity index (χ1v) is 7.07. The maximum atomic E-state index is 3.77. The topological polar surface area (TPSA) is 12.0 Å². The van der Waals surface area contributed by atoms with Crippen LogP contribution in [-0.2, 0) is 0 Å². The van der Waals surface area contributed by atoms with Gasteiger partial charge in [-0.25, -0.2) is 0 Å². The molecule has 0 aromatic rings. The Bertz CT molecular complexity index is 188. The molecule has 0 heterocycles. The third kappa shape index (κ3) is 4.29. The van der Waals surface area contributed by atoms with Gasteiger partial charge in [-0.15, -0.1) is 6.58 Å². The Labute approximate surface area is 102 Å². The average molecular weight is 223 g/mol. The van der Waals surface area contributed by atoms with Crippen LogP contribution in [0.2, 0.25) is 0 Å². The van der Waals surface area contributed by atoms with Crippen LogP contribution < -0.4 is 5.32 Å². The van der Waals surface area contributed by atoms with Crippen LogP contribution in [0.3, 0.4) is 0 Å². The first-order chi connectivity index (χ1) is 7.79. The molecule has 0 bridgehead atoms. The van der Waals surface area contributed by atoms with E-state index in [0.29, 0.717) is 0 Å². The van der Waals surface area contributed by atoms with Gasteiger partial charge in [0.25, 0.3) is 0 Å². The van der Waals surface area contributed by atoms with E-state index in [9.17, 15) is 0 Å². The monoisotopic (exact) mass is 223 g/mol. The summed E-state index contributed by atoms with van der Waals surface area (Å²) in [7, 11) is 2.14. The van der Waals surface area contributed by atoms with Crippen molar-refractivity contribution in [2.24, 2.45) is 11.8 Å². The summed E-state index contributed by atoms with van der Waals surface area (Å²) < 4.78 is 0. The second kappa shape index (κ2) is 7.89. The van der Waals surface area contributed by atoms with Crippen LogP contribution in [0.1, 0.15) is 58.3 Å². The number of allylic oxidation sites excluding steroid dienone is 1. The number of hydrogen-bond donors (Lipinski definition) is 1. The molecule has 16 heavy (non-hydrogen) atoms. The lowest BCUT2D eigenvalue weighted by Crippen LogP contribution is -2.34. The molecule has 1 aliphatic carbocycles. The lowest BCUT2D eigenvalue weighted by Gasteiger charge is -2.26. The molecular weight excluding hydrogens is 194 g/mol. The van der Waals surface area contributed by atoms with Crippen LogP contribution in [0.5, 0.6) is 0 Å². The second-order valence-corrected chi connectivity index (χ2v) is 5.39. The maximum absolute atomic E-state index is 3.77. The van der Waals surface area contributed by atoms with Crippen molar-refractivity contribution < 1.29 is 0 Å². The van der Waals surface area contributed by atoms with Gasteiger partial charge in [-0.1, -0.05) is 38.7 Å². The highest BCUT2D eigenvalue weighted by atomic mass is 14.9. The van der Waals surface area contributed by atoms with Crippen LogP contribution in [0.4, 0.5) is 0 Å². The van der Waals surface area contributed by atoms with Gasteiger partial charge in [-0.05, 0) is 44.6 Å². The predicted octanol–water partition coefficient (Wildman–Crippen LogP) is 4.15. The SMILES string of the molecule is C=CCCCCCC(NC)C1CCCC1C. The van der Waals surface area contributed by atoms with Gasteiger partial charge in [0.15, 0.2) is 0 Å². The van der Waals surface area contributed by atoms with E-state index >= 15 is 0 Å². The molecule has 0 amide bonds. The fraction of sp³-hybridized carbons (Fsp3) is 0.867. The van der Waals surface area contributed by atoms with Crippen LogP contribution >= 0.6 is 0 Å². The summed E-state index contributed by atoms with van der Waals surface area (Å²) in [5.74, 6) is 1.87. The van der Waals surface area contributed by atoms with Crippen molar-refractivity contribution in [1.29, 1.82) is 0 Å². The van der Waals surface area contributed by atoms with Gasteiger partial charge >= 0.3 is 0 Å². The molecule has 1 N–H and O–H groups in total. The minimum atomic E-state index is 0.765. The van der Waals surface area contributed by atoms with Gasteiger partial charge in [0.1, 0.15) is 0 Å². The van der Waals surface area contributed by atoms with Gasteiger partial charge in [0.05, 0.1) is 0 Å². The van der Waals surface area contributed by atoms with E-state index in [-0.39, 0.29) is 0 Å². The summed E-state index contributed by atoms with van der Waals surface area (Å²) in [6, 6.07) is 0.765. The minimum Gasteiger partial charge on any atom is -0.317 e. The molecule has 0 aliphatic heterocycles. The highest BCUT2D eigenvalue weighted by Crippen LogP contribution is 2.35. The van der Waals surface area contributed by atoms with Crippen LogP contribution in [0.25, 0.3) is 0 Å². The molecule has 1 rings (SSSR count). The Morgan fingerprint density at radius 2 is 2.12 bits per heavy atom. The summed E-state index contributed by atoms with van der Waals surface area (Å²) in [6.45, 7) is 6.20. The highest BCUT2D eigenvalue weighted by molar-refractivity contribution is 4.84. The molecule has 1 nitrogen and oxygen atoms in total. The van der Waals surface area contributed by atoms with Gasteiger partial charge < -0.3 is 5.32 Å². The smallest absolute Gasteiger partial charge is 0.00948 e. The lowest BCUT2D eigenvalue weighted by atomic mass is 9.87. The predicted molar refractivity (Wildman–Crippen MR) is 72.6 cm³/mol. The molecular formula is C15H29N. The zero-order valence-corrected chi connectivity index (χ0v) is 11.2. The van der Waals surface area contributed by atoms with Crippen molar-refractivity contribution in [3.05, 3.63) is 12.7 Å². The molecule has 0 aromatic heterocycles. The first kappa shape index (κ1) is 13.8. The summed E-state index contributed by atoms with van der Waals surface area (Å²) in [6.07, 6.45) is 13.0. The third-order valence-electron chi connectivity index (χ3n) is 4.24. The first-order valence-electron chi connectivity index (χ1n) is 7.07. The Kier molecular flexibility index (Phi) is 6.79. The molecule has 1 fully saturated rings. The Morgan fingerprint density at radius 1 is 1.31 bits per heavy atom. The summed E-state index contributed by atoms with van der Waals surface area (Å²) in [4.78, 5) is 0. The Hall–Kier alpha value is -0.300. The van der Waals surface area contributed by atoms with E-state index in [2.05, 4.69) is 25.9 Å². The van der Waals surface area contributed by atoms with Crippen molar-refractivity contribution >= 4 is 0 Å². The average Bonchev–Trinajstić information content (AvgIpc) is 2.70. The third-order valence-corrected chi connectivity index (χ3v) is 4.24. The zero-order chi connectivity index (χ0) is 11.8. The van der Waals surface area contributed by atoms with Gasteiger partial charge in [0, 0.05) is 6.04 Å². The molecule has 0 radical (unpaired) electrons. The van der Waals surface area contributed by atoms with E-state index < -0.39 is 0 Å². The van der Waals surface area contributed by atoms with Crippen molar-refractivity contribution in [3.63, 3.8) is 0 Å². The number of unbranched alkanes of at least 4 members (excludes halogenated alkanes) is 3. The highest BCUT2D eigenvalue weighted by Gasteiger charge is 2.29. The van der Waals surface area contributed by atoms with E-state index in [0.717, 1.165) is 17.9 Å². The van der Waals surface area contributed by atoms with Crippen LogP contribution in [-0.4, -0.2) is 13.1 Å². The van der Waals surface area contributed by atoms with Crippen molar-refractivity contribution in [1.82, 2.24) is 5.32 Å². The van der Waals surface area contributed by atoms with Crippen molar-refractivity contribution in [3.8, 4) is 0 Å². The van der Waals surface area contributed by atoms with E-state index in [1.165, 1.54) is 51.4 Å². The fourth-order valence-corrected chi connectivity index (χ4v) is 3.17. The quantitative estimate of drug-likeness (QED) is 0.481. The molecule has 0 saturated heterocycles. The fourth-order valence-electron chi connectivity index (χ4n) is 3.17. The molecule has 1 saturated carbocycles. The largest absolute Gasteiger partial charge is 0.317 e. The molecule has 94 valence electrons. The molecule has 0 aromatic carbocycles. The lowest BCUT2D eigenvalue weighted by molar-refractivity contribution is 0.290. The maximum Gasteiger partial charge on any atom is 0.00948 e. The number of nitrogens with one attached hydrogen (secondary N) is 1. The normalized spacial score (nSPS) is 26.9. The summed E-state index contributed by atoms with van der Waals surface area (Å²) >= 11 is 0. The Morgan fingerprint density at radius 3 is 2.69 bits per heavy atom. The number of rotatable bonds is 8. The van der Waals surface area contributed by atoms with Gasteiger partial charge in [-0.2, -0.15) is 0 Å². The second-order valence-electron chi connectivity index (χ2n) is 5.39. The zero-order valence-electron chi connectivity index (χ0n) is 11.2. The van der Waals surface area contributed by atoms with Crippen molar-refractivity contribution in [2.75, 3.05) is 7.05 Å². The van der Waals surface area contributed by atoms with Gasteiger partial charge in [-0.3, -0.25) is 0 Å². The Balaban J connectivity index is 2.18. The van der Waals surface area contributed by atoms with E-state index in [1.54, 1.807) is 0 Å². The number of hydrogen-bond acceptors (Lipinski definition) is 1.